The molecule has 40 heavy (non-hydrogen) atoms. The fourth-order valence-corrected chi connectivity index (χ4v) is 6.70. The highest BCUT2D eigenvalue weighted by atomic mass is 32.2. The molecule has 0 bridgehead atoms. The van der Waals surface area contributed by atoms with E-state index < -0.39 is 25.3 Å². The lowest BCUT2D eigenvalue weighted by Gasteiger charge is -2.33. The van der Waals surface area contributed by atoms with Crippen LogP contribution in [0.5, 0.6) is 0 Å². The zero-order chi connectivity index (χ0) is 29.1. The van der Waals surface area contributed by atoms with Crippen molar-refractivity contribution in [1.82, 2.24) is 14.5 Å². The van der Waals surface area contributed by atoms with E-state index in [9.17, 15) is 13.6 Å². The number of nitrogens with zero attached hydrogens (tertiary/aromatic N) is 3. The van der Waals surface area contributed by atoms with Crippen LogP contribution in [0.3, 0.4) is 0 Å². The number of aromatic nitrogens is 2. The van der Waals surface area contributed by atoms with Crippen molar-refractivity contribution in [3.63, 3.8) is 0 Å². The molecule has 0 saturated carbocycles. The average Bonchev–Trinajstić information content (AvgIpc) is 3.23. The number of benzene rings is 1. The second kappa shape index (κ2) is 12.6. The molecule has 1 fully saturated rings. The predicted octanol–water partition coefficient (Wildman–Crippen LogP) is 8.03. The smallest absolute Gasteiger partial charge is 0.410 e. The van der Waals surface area contributed by atoms with Gasteiger partial charge in [0.1, 0.15) is 29.6 Å². The van der Waals surface area contributed by atoms with Crippen LogP contribution in [-0.2, 0) is 16.2 Å². The minimum absolute atomic E-state index is 0.255. The van der Waals surface area contributed by atoms with Crippen molar-refractivity contribution in [1.29, 1.82) is 0 Å². The van der Waals surface area contributed by atoms with Gasteiger partial charge in [-0.05, 0) is 69.3 Å². The first-order chi connectivity index (χ1) is 18.8. The lowest BCUT2D eigenvalue weighted by molar-refractivity contribution is 0.0191. The molecule has 218 valence electrons. The summed E-state index contributed by atoms with van der Waals surface area (Å²) >= 11 is 1.73. The summed E-state index contributed by atoms with van der Waals surface area (Å²) in [7, 11) is -1.23. The Balaban J connectivity index is 1.53. The topological polar surface area (TPSA) is 56.6 Å². The number of pyridine rings is 1. The Morgan fingerprint density at radius 2 is 1.80 bits per heavy atom. The predicted molar refractivity (Wildman–Crippen MR) is 160 cm³/mol. The molecule has 1 aliphatic rings. The van der Waals surface area contributed by atoms with E-state index in [-0.39, 0.29) is 6.09 Å². The van der Waals surface area contributed by atoms with Crippen LogP contribution >= 0.6 is 11.8 Å². The minimum atomic E-state index is -1.23. The molecule has 2 aromatic heterocycles. The van der Waals surface area contributed by atoms with Gasteiger partial charge in [-0.25, -0.2) is 18.6 Å². The fourth-order valence-electron chi connectivity index (χ4n) is 4.69. The van der Waals surface area contributed by atoms with Gasteiger partial charge in [0.05, 0.1) is 0 Å². The van der Waals surface area contributed by atoms with E-state index in [0.29, 0.717) is 37.9 Å². The van der Waals surface area contributed by atoms with Crippen LogP contribution < -0.4 is 0 Å². The number of carbonyl (C=O) groups excluding carboxylic acids is 1. The molecule has 10 heteroatoms. The highest BCUT2D eigenvalue weighted by molar-refractivity contribution is 7.99. The SMILES string of the molecule is CC(C)(C)OC(=O)N1CCC(CSc2ccnc3c2c(-c2cc(F)cc(F)c2)cn3COCC[Si](C)(C)C)CC1. The molecule has 3 aromatic rings. The Kier molecular flexibility index (Phi) is 9.62. The monoisotopic (exact) mass is 589 g/mol. The summed E-state index contributed by atoms with van der Waals surface area (Å²) in [4.78, 5) is 19.9. The van der Waals surface area contributed by atoms with Crippen molar-refractivity contribution in [2.45, 2.75) is 76.5 Å². The summed E-state index contributed by atoms with van der Waals surface area (Å²) in [6, 6.07) is 6.64. The molecule has 6 nitrogen and oxygen atoms in total. The molecule has 4 rings (SSSR count). The van der Waals surface area contributed by atoms with Crippen LogP contribution in [0.15, 0.2) is 41.6 Å². The number of thioether (sulfide) groups is 1. The van der Waals surface area contributed by atoms with Gasteiger partial charge in [0.15, 0.2) is 0 Å². The molecule has 0 N–H and O–H groups in total. The second-order valence-electron chi connectivity index (χ2n) is 12.7. The number of likely N-dealkylation sites (tertiary alicyclic amines) is 1. The Hall–Kier alpha value is -2.43. The number of rotatable bonds is 9. The van der Waals surface area contributed by atoms with Gasteiger partial charge < -0.3 is 18.9 Å². The van der Waals surface area contributed by atoms with Gasteiger partial charge in [0.25, 0.3) is 0 Å². The number of hydrogen-bond donors (Lipinski definition) is 0. The van der Waals surface area contributed by atoms with E-state index in [4.69, 9.17) is 9.47 Å². The molecule has 1 amide bonds. The van der Waals surface area contributed by atoms with E-state index in [1.54, 1.807) is 22.9 Å². The zero-order valence-corrected chi connectivity index (χ0v) is 26.2. The van der Waals surface area contributed by atoms with Gasteiger partial charge >= 0.3 is 6.09 Å². The Labute approximate surface area is 241 Å². The van der Waals surface area contributed by atoms with E-state index >= 15 is 0 Å². The molecule has 0 unspecified atom stereocenters. The minimum Gasteiger partial charge on any atom is -0.444 e. The third-order valence-electron chi connectivity index (χ3n) is 6.86. The van der Waals surface area contributed by atoms with Crippen LogP contribution in [0.25, 0.3) is 22.2 Å². The van der Waals surface area contributed by atoms with Gasteiger partial charge in [-0.15, -0.1) is 11.8 Å². The molecular weight excluding hydrogens is 548 g/mol. The molecule has 1 aromatic carbocycles. The van der Waals surface area contributed by atoms with Crippen molar-refractivity contribution in [2.75, 3.05) is 25.4 Å². The van der Waals surface area contributed by atoms with Crippen molar-refractivity contribution >= 4 is 37.0 Å². The number of piperidine rings is 1. The highest BCUT2D eigenvalue weighted by Crippen LogP contribution is 2.38. The first-order valence-electron chi connectivity index (χ1n) is 13.9. The van der Waals surface area contributed by atoms with Crippen LogP contribution in [0, 0.1) is 17.6 Å². The quantitative estimate of drug-likeness (QED) is 0.144. The molecule has 3 heterocycles. The van der Waals surface area contributed by atoms with Crippen LogP contribution in [0.2, 0.25) is 25.7 Å². The van der Waals surface area contributed by atoms with Crippen LogP contribution in [0.4, 0.5) is 13.6 Å². The molecule has 0 atom stereocenters. The van der Waals surface area contributed by atoms with E-state index in [0.717, 1.165) is 52.2 Å². The second-order valence-corrected chi connectivity index (χ2v) is 19.4. The van der Waals surface area contributed by atoms with Crippen molar-refractivity contribution in [3.05, 3.63) is 48.3 Å². The number of fused-ring (bicyclic) bond motifs is 1. The summed E-state index contributed by atoms with van der Waals surface area (Å²) in [6.45, 7) is 14.9. The lowest BCUT2D eigenvalue weighted by atomic mass is 9.99. The van der Waals surface area contributed by atoms with Crippen molar-refractivity contribution in [3.8, 4) is 11.1 Å². The molecule has 1 saturated heterocycles. The van der Waals surface area contributed by atoms with Crippen molar-refractivity contribution < 1.29 is 23.0 Å². The molecule has 0 radical (unpaired) electrons. The maximum absolute atomic E-state index is 14.2. The first-order valence-corrected chi connectivity index (χ1v) is 18.6. The average molecular weight is 590 g/mol. The fraction of sp³-hybridized carbons (Fsp3) is 0.533. The molecule has 0 spiro atoms. The number of halogens is 2. The normalized spacial score (nSPS) is 15.2. The lowest BCUT2D eigenvalue weighted by Crippen LogP contribution is -2.42. The third kappa shape index (κ3) is 8.30. The maximum Gasteiger partial charge on any atom is 0.410 e. The van der Waals surface area contributed by atoms with E-state index in [1.165, 1.54) is 12.1 Å². The summed E-state index contributed by atoms with van der Waals surface area (Å²) < 4.78 is 41.9. The van der Waals surface area contributed by atoms with Gasteiger partial charge in [-0.2, -0.15) is 0 Å². The van der Waals surface area contributed by atoms with Gasteiger partial charge in [0, 0.05) is 67.8 Å². The maximum atomic E-state index is 14.2. The standard InChI is InChI=1S/C30H41F2N3O3SSi/c1-30(2,3)38-29(36)34-11-8-21(9-12-34)19-39-26-7-10-33-28-27(26)25(22-15-23(31)17-24(32)16-22)18-35(28)20-37-13-14-40(4,5)6/h7,10,15-18,21H,8-9,11-14,19-20H2,1-6H3. The highest BCUT2D eigenvalue weighted by Gasteiger charge is 2.27. The van der Waals surface area contributed by atoms with Crippen LogP contribution in [0.1, 0.15) is 33.6 Å². The van der Waals surface area contributed by atoms with Gasteiger partial charge in [0.2, 0.25) is 0 Å². The molecule has 0 aliphatic carbocycles. The first kappa shape index (κ1) is 30.5. The van der Waals surface area contributed by atoms with E-state index in [1.807, 2.05) is 37.6 Å². The molecular formula is C30H41F2N3O3SSi. The number of carbonyl (C=O) groups is 1. The Bertz CT molecular complexity index is 1310. The van der Waals surface area contributed by atoms with E-state index in [2.05, 4.69) is 24.6 Å². The number of ether oxygens (including phenoxy) is 2. The Morgan fingerprint density at radius 1 is 1.12 bits per heavy atom. The number of hydrogen-bond acceptors (Lipinski definition) is 5. The zero-order valence-electron chi connectivity index (χ0n) is 24.4. The summed E-state index contributed by atoms with van der Waals surface area (Å²) in [6.07, 6.45) is 5.21. The van der Waals surface area contributed by atoms with Gasteiger partial charge in [-0.1, -0.05) is 19.6 Å². The number of amides is 1. The summed E-state index contributed by atoms with van der Waals surface area (Å²) in [5, 5.41) is 0.873. The Morgan fingerprint density at radius 3 is 2.42 bits per heavy atom. The molecule has 1 aliphatic heterocycles. The van der Waals surface area contributed by atoms with Crippen molar-refractivity contribution in [2.24, 2.45) is 5.92 Å². The summed E-state index contributed by atoms with van der Waals surface area (Å²) in [5.74, 6) is 0.0824. The van der Waals surface area contributed by atoms with Crippen LogP contribution in [-0.4, -0.2) is 59.7 Å². The third-order valence-corrected chi connectivity index (χ3v) is 9.85. The largest absolute Gasteiger partial charge is 0.444 e. The summed E-state index contributed by atoms with van der Waals surface area (Å²) in [5.41, 5.74) is 1.44. The van der Waals surface area contributed by atoms with Gasteiger partial charge in [-0.3, -0.25) is 0 Å².